The van der Waals surface area contributed by atoms with E-state index in [1.807, 2.05) is 12.1 Å². The second-order valence-electron chi connectivity index (χ2n) is 5.12. The van der Waals surface area contributed by atoms with E-state index in [9.17, 15) is 0 Å². The number of ether oxygens (including phenoxy) is 3. The average molecular weight is 265 g/mol. The first-order valence-corrected chi connectivity index (χ1v) is 6.83. The van der Waals surface area contributed by atoms with Gasteiger partial charge in [0.25, 0.3) is 0 Å². The molecule has 106 valence electrons. The summed E-state index contributed by atoms with van der Waals surface area (Å²) in [5.41, 5.74) is 1.20. The molecule has 1 aromatic carbocycles. The Morgan fingerprint density at radius 1 is 1.37 bits per heavy atom. The predicted octanol–water partition coefficient (Wildman–Crippen LogP) is 2.36. The molecule has 1 unspecified atom stereocenters. The molecule has 4 heteroatoms. The molecule has 1 aliphatic rings. The summed E-state index contributed by atoms with van der Waals surface area (Å²) in [6.45, 7) is 6.55. The van der Waals surface area contributed by atoms with Crippen LogP contribution in [0.1, 0.15) is 25.8 Å². The van der Waals surface area contributed by atoms with Gasteiger partial charge >= 0.3 is 0 Å². The van der Waals surface area contributed by atoms with Gasteiger partial charge in [0, 0.05) is 19.0 Å². The highest BCUT2D eigenvalue weighted by Gasteiger charge is 2.19. The van der Waals surface area contributed by atoms with Crippen LogP contribution in [0, 0.1) is 0 Å². The fourth-order valence-corrected chi connectivity index (χ4v) is 2.03. The lowest BCUT2D eigenvalue weighted by Gasteiger charge is -2.16. The summed E-state index contributed by atoms with van der Waals surface area (Å²) in [4.78, 5) is 0. The highest BCUT2D eigenvalue weighted by molar-refractivity contribution is 5.43. The van der Waals surface area contributed by atoms with Crippen molar-refractivity contribution in [1.29, 1.82) is 0 Å². The minimum Gasteiger partial charge on any atom is -0.493 e. The summed E-state index contributed by atoms with van der Waals surface area (Å²) < 4.78 is 16.7. The van der Waals surface area contributed by atoms with Crippen molar-refractivity contribution in [3.63, 3.8) is 0 Å². The number of hydrogen-bond acceptors (Lipinski definition) is 4. The summed E-state index contributed by atoms with van der Waals surface area (Å²) in [6.07, 6.45) is 1.08. The fraction of sp³-hybridized carbons (Fsp3) is 0.600. The Bertz CT molecular complexity index is 400. The van der Waals surface area contributed by atoms with E-state index in [1.165, 1.54) is 5.56 Å². The zero-order valence-electron chi connectivity index (χ0n) is 11.9. The van der Waals surface area contributed by atoms with Gasteiger partial charge < -0.3 is 19.5 Å². The van der Waals surface area contributed by atoms with Crippen LogP contribution in [0.2, 0.25) is 0 Å². The molecule has 2 rings (SSSR count). The maximum atomic E-state index is 5.97. The first-order chi connectivity index (χ1) is 9.19. The van der Waals surface area contributed by atoms with Crippen molar-refractivity contribution >= 4 is 0 Å². The summed E-state index contributed by atoms with van der Waals surface area (Å²) in [6, 6.07) is 6.54. The van der Waals surface area contributed by atoms with E-state index in [2.05, 4.69) is 25.2 Å². The predicted molar refractivity (Wildman–Crippen MR) is 74.8 cm³/mol. The lowest BCUT2D eigenvalue weighted by atomic mass is 10.2. The Kier molecular flexibility index (Phi) is 5.05. The highest BCUT2D eigenvalue weighted by Crippen LogP contribution is 2.30. The molecule has 0 bridgehead atoms. The second-order valence-corrected chi connectivity index (χ2v) is 5.12. The zero-order chi connectivity index (χ0) is 13.7. The molecule has 0 amide bonds. The molecule has 0 saturated carbocycles. The van der Waals surface area contributed by atoms with Crippen LogP contribution in [0.5, 0.6) is 11.5 Å². The van der Waals surface area contributed by atoms with Gasteiger partial charge in [-0.25, -0.2) is 0 Å². The first kappa shape index (κ1) is 14.2. The molecule has 1 heterocycles. The van der Waals surface area contributed by atoms with Gasteiger partial charge in [-0.3, -0.25) is 0 Å². The maximum absolute atomic E-state index is 5.97. The van der Waals surface area contributed by atoms with Crippen molar-refractivity contribution in [2.45, 2.75) is 39.0 Å². The summed E-state index contributed by atoms with van der Waals surface area (Å²) in [7, 11) is 1.67. The summed E-state index contributed by atoms with van der Waals surface area (Å²) >= 11 is 0. The van der Waals surface area contributed by atoms with Gasteiger partial charge in [-0.2, -0.15) is 0 Å². The fourth-order valence-electron chi connectivity index (χ4n) is 2.03. The molecule has 1 N–H and O–H groups in total. The molecule has 0 spiro atoms. The van der Waals surface area contributed by atoms with Crippen LogP contribution >= 0.6 is 0 Å². The molecule has 1 saturated heterocycles. The lowest BCUT2D eigenvalue weighted by molar-refractivity contribution is 0.138. The molecular formula is C15H23NO3. The Balaban J connectivity index is 2.06. The van der Waals surface area contributed by atoms with Gasteiger partial charge in [-0.1, -0.05) is 19.9 Å². The quantitative estimate of drug-likeness (QED) is 0.857. The van der Waals surface area contributed by atoms with Crippen molar-refractivity contribution in [3.8, 4) is 11.5 Å². The van der Waals surface area contributed by atoms with Crippen molar-refractivity contribution in [2.24, 2.45) is 0 Å². The van der Waals surface area contributed by atoms with Gasteiger partial charge in [0.1, 0.15) is 6.10 Å². The van der Waals surface area contributed by atoms with Crippen molar-refractivity contribution in [1.82, 2.24) is 5.32 Å². The number of rotatable bonds is 6. The van der Waals surface area contributed by atoms with E-state index < -0.39 is 0 Å². The maximum Gasteiger partial charge on any atom is 0.162 e. The molecule has 1 aromatic rings. The Hall–Kier alpha value is -1.26. The summed E-state index contributed by atoms with van der Waals surface area (Å²) in [5, 5.41) is 3.40. The first-order valence-electron chi connectivity index (χ1n) is 6.83. The van der Waals surface area contributed by atoms with E-state index in [0.29, 0.717) is 12.6 Å². The third kappa shape index (κ3) is 4.11. The Labute approximate surface area is 115 Å². The SMILES string of the molecule is COc1ccc(CNC(C)C)cc1OC1CCOC1. The largest absolute Gasteiger partial charge is 0.493 e. The van der Waals surface area contributed by atoms with Crippen LogP contribution < -0.4 is 14.8 Å². The highest BCUT2D eigenvalue weighted by atomic mass is 16.6. The van der Waals surface area contributed by atoms with Gasteiger partial charge in [-0.15, -0.1) is 0 Å². The van der Waals surface area contributed by atoms with Crippen LogP contribution in [-0.4, -0.2) is 32.5 Å². The smallest absolute Gasteiger partial charge is 0.162 e. The minimum absolute atomic E-state index is 0.141. The Morgan fingerprint density at radius 2 is 2.21 bits per heavy atom. The van der Waals surface area contributed by atoms with E-state index in [1.54, 1.807) is 7.11 Å². The average Bonchev–Trinajstić information content (AvgIpc) is 2.89. The van der Waals surface area contributed by atoms with E-state index in [-0.39, 0.29) is 6.10 Å². The topological polar surface area (TPSA) is 39.7 Å². The van der Waals surface area contributed by atoms with Crippen LogP contribution in [-0.2, 0) is 11.3 Å². The lowest BCUT2D eigenvalue weighted by Crippen LogP contribution is -2.22. The van der Waals surface area contributed by atoms with Crippen LogP contribution in [0.25, 0.3) is 0 Å². The number of nitrogens with one attached hydrogen (secondary N) is 1. The third-order valence-corrected chi connectivity index (χ3v) is 3.12. The number of methoxy groups -OCH3 is 1. The van der Waals surface area contributed by atoms with Gasteiger partial charge in [0.2, 0.25) is 0 Å². The second kappa shape index (κ2) is 6.78. The van der Waals surface area contributed by atoms with Gasteiger partial charge in [0.05, 0.1) is 20.3 Å². The summed E-state index contributed by atoms with van der Waals surface area (Å²) in [5.74, 6) is 1.58. The molecule has 4 nitrogen and oxygen atoms in total. The van der Waals surface area contributed by atoms with Gasteiger partial charge in [-0.05, 0) is 17.7 Å². The monoisotopic (exact) mass is 265 g/mol. The van der Waals surface area contributed by atoms with E-state index in [0.717, 1.165) is 31.1 Å². The Morgan fingerprint density at radius 3 is 2.84 bits per heavy atom. The third-order valence-electron chi connectivity index (χ3n) is 3.12. The molecule has 0 aliphatic carbocycles. The number of hydrogen-bond donors (Lipinski definition) is 1. The van der Waals surface area contributed by atoms with Crippen LogP contribution in [0.15, 0.2) is 18.2 Å². The molecule has 0 radical (unpaired) electrons. The molecule has 0 aromatic heterocycles. The van der Waals surface area contributed by atoms with Crippen molar-refractivity contribution in [3.05, 3.63) is 23.8 Å². The molecule has 1 atom stereocenters. The van der Waals surface area contributed by atoms with Crippen molar-refractivity contribution in [2.75, 3.05) is 20.3 Å². The molecular weight excluding hydrogens is 242 g/mol. The van der Waals surface area contributed by atoms with Crippen molar-refractivity contribution < 1.29 is 14.2 Å². The standard InChI is InChI=1S/C15H23NO3/c1-11(2)16-9-12-4-5-14(17-3)15(8-12)19-13-6-7-18-10-13/h4-5,8,11,13,16H,6-7,9-10H2,1-3H3. The number of benzene rings is 1. The molecule has 1 aliphatic heterocycles. The minimum atomic E-state index is 0.141. The molecule has 1 fully saturated rings. The van der Waals surface area contributed by atoms with Crippen LogP contribution in [0.3, 0.4) is 0 Å². The van der Waals surface area contributed by atoms with E-state index in [4.69, 9.17) is 14.2 Å². The molecule has 19 heavy (non-hydrogen) atoms. The normalized spacial score (nSPS) is 18.8. The van der Waals surface area contributed by atoms with Gasteiger partial charge in [0.15, 0.2) is 11.5 Å². The zero-order valence-corrected chi connectivity index (χ0v) is 11.9. The van der Waals surface area contributed by atoms with Crippen LogP contribution in [0.4, 0.5) is 0 Å². The van der Waals surface area contributed by atoms with E-state index >= 15 is 0 Å².